The van der Waals surface area contributed by atoms with E-state index in [0.717, 1.165) is 0 Å². The maximum absolute atomic E-state index is 11.7. The lowest BCUT2D eigenvalue weighted by molar-refractivity contribution is 0.0215. The minimum absolute atomic E-state index is 0.207. The molecule has 15 heavy (non-hydrogen) atoms. The Morgan fingerprint density at radius 2 is 2.33 bits per heavy atom. The van der Waals surface area contributed by atoms with Crippen molar-refractivity contribution in [1.82, 2.24) is 4.98 Å². The van der Waals surface area contributed by atoms with Gasteiger partial charge in [-0.25, -0.2) is 13.8 Å². The standard InChI is InChI=1S/C9H13F2N3O/c10-8(11)6-15-5-4-13-7-2-1-3-14-9(7)12/h1-3,8,13H,4-6H2,(H2,12,14). The van der Waals surface area contributed by atoms with E-state index >= 15 is 0 Å². The molecule has 0 amide bonds. The molecule has 1 aromatic heterocycles. The minimum atomic E-state index is -2.42. The van der Waals surface area contributed by atoms with Crippen molar-refractivity contribution in [2.45, 2.75) is 6.43 Å². The topological polar surface area (TPSA) is 60.2 Å². The average molecular weight is 217 g/mol. The first-order chi connectivity index (χ1) is 7.20. The number of aromatic nitrogens is 1. The largest absolute Gasteiger partial charge is 0.382 e. The molecule has 0 saturated heterocycles. The second kappa shape index (κ2) is 6.13. The molecule has 0 fully saturated rings. The fraction of sp³-hybridized carbons (Fsp3) is 0.444. The van der Waals surface area contributed by atoms with Crippen molar-refractivity contribution in [3.8, 4) is 0 Å². The quantitative estimate of drug-likeness (QED) is 0.706. The molecule has 1 aromatic rings. The van der Waals surface area contributed by atoms with Gasteiger partial charge in [0.15, 0.2) is 0 Å². The average Bonchev–Trinajstić information content (AvgIpc) is 2.20. The van der Waals surface area contributed by atoms with Crippen LogP contribution >= 0.6 is 0 Å². The molecule has 0 aliphatic rings. The number of hydrogen-bond donors (Lipinski definition) is 2. The fourth-order valence-electron chi connectivity index (χ4n) is 0.997. The van der Waals surface area contributed by atoms with E-state index in [2.05, 4.69) is 15.0 Å². The van der Waals surface area contributed by atoms with Crippen LogP contribution in [0, 0.1) is 0 Å². The molecular weight excluding hydrogens is 204 g/mol. The summed E-state index contributed by atoms with van der Waals surface area (Å²) in [6.45, 7) is 0.0888. The summed E-state index contributed by atoms with van der Waals surface area (Å²) in [6.07, 6.45) is -0.846. The molecule has 4 nitrogen and oxygen atoms in total. The van der Waals surface area contributed by atoms with E-state index in [0.29, 0.717) is 18.1 Å². The van der Waals surface area contributed by atoms with E-state index in [1.54, 1.807) is 18.3 Å². The van der Waals surface area contributed by atoms with E-state index in [-0.39, 0.29) is 6.61 Å². The van der Waals surface area contributed by atoms with Crippen LogP contribution in [0.15, 0.2) is 18.3 Å². The fourth-order valence-corrected chi connectivity index (χ4v) is 0.997. The van der Waals surface area contributed by atoms with Gasteiger partial charge < -0.3 is 15.8 Å². The summed E-state index contributed by atoms with van der Waals surface area (Å²) in [5, 5.41) is 2.93. The summed E-state index contributed by atoms with van der Waals surface area (Å²) in [7, 11) is 0. The Balaban J connectivity index is 2.18. The lowest BCUT2D eigenvalue weighted by Crippen LogP contribution is -2.14. The summed E-state index contributed by atoms with van der Waals surface area (Å²) in [5.74, 6) is 0.381. The van der Waals surface area contributed by atoms with Crippen LogP contribution < -0.4 is 11.1 Å². The van der Waals surface area contributed by atoms with Crippen molar-refractivity contribution in [3.63, 3.8) is 0 Å². The molecule has 6 heteroatoms. The summed E-state index contributed by atoms with van der Waals surface area (Å²) in [4.78, 5) is 3.86. The number of halogens is 2. The van der Waals surface area contributed by atoms with Gasteiger partial charge in [0.05, 0.1) is 12.3 Å². The van der Waals surface area contributed by atoms with E-state index < -0.39 is 13.0 Å². The number of nitrogens with zero attached hydrogens (tertiary/aromatic N) is 1. The molecule has 1 heterocycles. The van der Waals surface area contributed by atoms with Crippen molar-refractivity contribution in [2.75, 3.05) is 30.8 Å². The van der Waals surface area contributed by atoms with Gasteiger partial charge in [-0.15, -0.1) is 0 Å². The molecule has 1 rings (SSSR count). The van der Waals surface area contributed by atoms with Crippen LogP contribution in [0.1, 0.15) is 0 Å². The SMILES string of the molecule is Nc1ncccc1NCCOCC(F)F. The van der Waals surface area contributed by atoms with Crippen LogP contribution in [-0.2, 0) is 4.74 Å². The molecule has 0 aromatic carbocycles. The van der Waals surface area contributed by atoms with Gasteiger partial charge in [-0.2, -0.15) is 0 Å². The zero-order chi connectivity index (χ0) is 11.1. The number of nitrogens with two attached hydrogens (primary N) is 1. The first-order valence-corrected chi connectivity index (χ1v) is 4.50. The Bertz CT molecular complexity index is 296. The molecule has 0 atom stereocenters. The second-order valence-electron chi connectivity index (χ2n) is 2.83. The normalized spacial score (nSPS) is 10.6. The predicted octanol–water partition coefficient (Wildman–Crippen LogP) is 1.36. The van der Waals surface area contributed by atoms with Gasteiger partial charge in [-0.05, 0) is 12.1 Å². The number of pyridine rings is 1. The molecule has 0 aliphatic heterocycles. The first-order valence-electron chi connectivity index (χ1n) is 4.50. The molecule has 0 aliphatic carbocycles. The Labute approximate surface area is 86.4 Å². The predicted molar refractivity (Wildman–Crippen MR) is 54.0 cm³/mol. The van der Waals surface area contributed by atoms with E-state index in [4.69, 9.17) is 5.73 Å². The number of nitrogens with one attached hydrogen (secondary N) is 1. The van der Waals surface area contributed by atoms with E-state index in [1.165, 1.54) is 0 Å². The lowest BCUT2D eigenvalue weighted by atomic mass is 10.4. The van der Waals surface area contributed by atoms with Gasteiger partial charge in [0, 0.05) is 12.7 Å². The van der Waals surface area contributed by atoms with Crippen LogP contribution in [0.4, 0.5) is 20.3 Å². The Kier molecular flexibility index (Phi) is 4.76. The van der Waals surface area contributed by atoms with Crippen molar-refractivity contribution in [2.24, 2.45) is 0 Å². The second-order valence-corrected chi connectivity index (χ2v) is 2.83. The molecule has 3 N–H and O–H groups in total. The third-order valence-electron chi connectivity index (χ3n) is 1.64. The zero-order valence-corrected chi connectivity index (χ0v) is 8.12. The van der Waals surface area contributed by atoms with Gasteiger partial charge >= 0.3 is 0 Å². The molecule has 0 unspecified atom stereocenters. The first kappa shape index (κ1) is 11.6. The molecule has 0 bridgehead atoms. The number of nitrogen functional groups attached to an aromatic ring is 1. The smallest absolute Gasteiger partial charge is 0.261 e. The van der Waals surface area contributed by atoms with Gasteiger partial charge in [0.1, 0.15) is 12.4 Å². The Morgan fingerprint density at radius 3 is 3.00 bits per heavy atom. The van der Waals surface area contributed by atoms with Crippen molar-refractivity contribution < 1.29 is 13.5 Å². The van der Waals surface area contributed by atoms with Crippen LogP contribution in [0.25, 0.3) is 0 Å². The maximum Gasteiger partial charge on any atom is 0.261 e. The molecular formula is C9H13F2N3O. The highest BCUT2D eigenvalue weighted by molar-refractivity contribution is 5.60. The van der Waals surface area contributed by atoms with Crippen LogP contribution in [0.2, 0.25) is 0 Å². The lowest BCUT2D eigenvalue weighted by Gasteiger charge is -2.08. The highest BCUT2D eigenvalue weighted by Gasteiger charge is 2.01. The Morgan fingerprint density at radius 1 is 1.53 bits per heavy atom. The molecule has 0 radical (unpaired) electrons. The highest BCUT2D eigenvalue weighted by atomic mass is 19.3. The van der Waals surface area contributed by atoms with E-state index in [9.17, 15) is 8.78 Å². The van der Waals surface area contributed by atoms with Gasteiger partial charge in [0.25, 0.3) is 6.43 Å². The van der Waals surface area contributed by atoms with Crippen LogP contribution in [-0.4, -0.2) is 31.2 Å². The van der Waals surface area contributed by atoms with Gasteiger partial charge in [-0.1, -0.05) is 0 Å². The molecule has 0 spiro atoms. The number of rotatable bonds is 6. The number of anilines is 2. The number of hydrogen-bond acceptors (Lipinski definition) is 4. The monoisotopic (exact) mass is 217 g/mol. The van der Waals surface area contributed by atoms with Crippen LogP contribution in [0.3, 0.4) is 0 Å². The zero-order valence-electron chi connectivity index (χ0n) is 8.12. The number of alkyl halides is 2. The number of ether oxygens (including phenoxy) is 1. The Hall–Kier alpha value is -1.43. The van der Waals surface area contributed by atoms with Crippen molar-refractivity contribution in [1.29, 1.82) is 0 Å². The summed E-state index contributed by atoms with van der Waals surface area (Å²) >= 11 is 0. The van der Waals surface area contributed by atoms with E-state index in [1.807, 2.05) is 0 Å². The molecule has 0 saturated carbocycles. The third-order valence-corrected chi connectivity index (χ3v) is 1.64. The van der Waals surface area contributed by atoms with Crippen LogP contribution in [0.5, 0.6) is 0 Å². The summed E-state index contributed by atoms with van der Waals surface area (Å²) in [5.41, 5.74) is 6.23. The maximum atomic E-state index is 11.7. The van der Waals surface area contributed by atoms with Gasteiger partial charge in [0.2, 0.25) is 0 Å². The molecule has 84 valence electrons. The van der Waals surface area contributed by atoms with Crippen molar-refractivity contribution >= 4 is 11.5 Å². The van der Waals surface area contributed by atoms with Gasteiger partial charge in [-0.3, -0.25) is 0 Å². The van der Waals surface area contributed by atoms with Crippen molar-refractivity contribution in [3.05, 3.63) is 18.3 Å². The highest BCUT2D eigenvalue weighted by Crippen LogP contribution is 2.12. The third kappa shape index (κ3) is 4.55. The summed E-state index contributed by atoms with van der Waals surface area (Å²) in [6, 6.07) is 3.49. The minimum Gasteiger partial charge on any atom is -0.382 e. The summed E-state index contributed by atoms with van der Waals surface area (Å²) < 4.78 is 28.0.